The zero-order chi connectivity index (χ0) is 23.3. The highest BCUT2D eigenvalue weighted by Gasteiger charge is 2.32. The summed E-state index contributed by atoms with van der Waals surface area (Å²) in [5, 5.41) is 9.19. The number of aromatic nitrogens is 5. The summed E-state index contributed by atoms with van der Waals surface area (Å²) in [5.41, 5.74) is 1.77. The Labute approximate surface area is 190 Å². The Morgan fingerprint density at radius 3 is 2.70 bits per heavy atom. The first kappa shape index (κ1) is 20.9. The van der Waals surface area contributed by atoms with Crippen LogP contribution in [0.25, 0.3) is 16.7 Å². The smallest absolute Gasteiger partial charge is 0.323 e. The van der Waals surface area contributed by atoms with Crippen LogP contribution in [0.3, 0.4) is 0 Å². The topological polar surface area (TPSA) is 118 Å². The van der Waals surface area contributed by atoms with E-state index in [2.05, 4.69) is 19.9 Å². The summed E-state index contributed by atoms with van der Waals surface area (Å²) in [4.78, 5) is 20.1. The number of urea groups is 1. The average Bonchev–Trinajstić information content (AvgIpc) is 3.50. The molecule has 5 rings (SSSR count). The van der Waals surface area contributed by atoms with E-state index < -0.39 is 10.0 Å². The molecular formula is C21H22N8O3S. The van der Waals surface area contributed by atoms with Gasteiger partial charge < -0.3 is 4.90 Å². The molecule has 0 saturated carbocycles. The number of hydrogen-bond donors (Lipinski definition) is 1. The molecular weight excluding hydrogens is 444 g/mol. The zero-order valence-electron chi connectivity index (χ0n) is 18.2. The van der Waals surface area contributed by atoms with Crippen LogP contribution in [0.2, 0.25) is 0 Å². The minimum atomic E-state index is -3.91. The lowest BCUT2D eigenvalue weighted by Gasteiger charge is -2.16. The van der Waals surface area contributed by atoms with Crippen LogP contribution in [0.15, 0.2) is 60.0 Å². The number of hydrogen-bond acceptors (Lipinski definition) is 6. The van der Waals surface area contributed by atoms with Gasteiger partial charge in [0.2, 0.25) is 0 Å². The quantitative estimate of drug-likeness (QED) is 0.482. The first-order chi connectivity index (χ1) is 15.7. The van der Waals surface area contributed by atoms with Gasteiger partial charge in [-0.2, -0.15) is 10.2 Å². The van der Waals surface area contributed by atoms with Crippen LogP contribution in [-0.4, -0.2) is 63.5 Å². The molecule has 1 aromatic carbocycles. The van der Waals surface area contributed by atoms with Crippen molar-refractivity contribution in [2.24, 2.45) is 7.05 Å². The molecule has 1 aliphatic heterocycles. The molecule has 1 unspecified atom stereocenters. The van der Waals surface area contributed by atoms with E-state index in [9.17, 15) is 13.2 Å². The van der Waals surface area contributed by atoms with Gasteiger partial charge >= 0.3 is 6.03 Å². The maximum absolute atomic E-state index is 13.0. The minimum Gasteiger partial charge on any atom is -0.323 e. The maximum Gasteiger partial charge on any atom is 0.324 e. The molecule has 4 heterocycles. The number of likely N-dealkylation sites (N-methyl/N-ethyl adjacent to an activating group) is 1. The number of sulfonamides is 1. The first-order valence-corrected chi connectivity index (χ1v) is 11.7. The minimum absolute atomic E-state index is 0.0144. The number of benzene rings is 1. The molecule has 1 aliphatic rings. The number of carbonyl (C=O) groups is 1. The van der Waals surface area contributed by atoms with Gasteiger partial charge in [-0.05, 0) is 19.1 Å². The SMILES string of the molecule is CC1CN(c2ccnc(-n3cc(S(=O)(=O)Nc4cccc5cnn(C)c45)cn3)c2)C(=O)N1C. The van der Waals surface area contributed by atoms with Crippen molar-refractivity contribution in [2.75, 3.05) is 23.2 Å². The van der Waals surface area contributed by atoms with E-state index in [1.165, 1.54) is 17.1 Å². The fourth-order valence-corrected chi connectivity index (χ4v) is 4.85. The fraction of sp³-hybridized carbons (Fsp3) is 0.238. The van der Waals surface area contributed by atoms with Crippen LogP contribution in [0.4, 0.5) is 16.2 Å². The average molecular weight is 467 g/mol. The van der Waals surface area contributed by atoms with Crippen molar-refractivity contribution < 1.29 is 13.2 Å². The summed E-state index contributed by atoms with van der Waals surface area (Å²) in [7, 11) is -0.396. The summed E-state index contributed by atoms with van der Waals surface area (Å²) in [6, 6.07) is 8.74. The molecule has 4 aromatic rings. The normalized spacial score (nSPS) is 16.7. The third-order valence-corrected chi connectivity index (χ3v) is 7.11. The van der Waals surface area contributed by atoms with Crippen molar-refractivity contribution >= 4 is 38.3 Å². The molecule has 0 bridgehead atoms. The van der Waals surface area contributed by atoms with E-state index in [1.807, 2.05) is 13.0 Å². The second-order valence-electron chi connectivity index (χ2n) is 7.96. The highest BCUT2D eigenvalue weighted by Crippen LogP contribution is 2.26. The van der Waals surface area contributed by atoms with E-state index >= 15 is 0 Å². The molecule has 2 amide bonds. The number of fused-ring (bicyclic) bond motifs is 1. The Hall–Kier alpha value is -3.93. The lowest BCUT2D eigenvalue weighted by molar-refractivity contribution is 0.221. The van der Waals surface area contributed by atoms with E-state index in [0.29, 0.717) is 29.3 Å². The summed E-state index contributed by atoms with van der Waals surface area (Å²) >= 11 is 0. The Balaban J connectivity index is 1.43. The summed E-state index contributed by atoms with van der Waals surface area (Å²) < 4.78 is 31.7. The molecule has 0 spiro atoms. The third kappa shape index (κ3) is 3.57. The van der Waals surface area contributed by atoms with Gasteiger partial charge in [-0.25, -0.2) is 22.9 Å². The van der Waals surface area contributed by atoms with Gasteiger partial charge in [0.1, 0.15) is 4.90 Å². The molecule has 1 N–H and O–H groups in total. The van der Waals surface area contributed by atoms with Gasteiger partial charge in [-0.15, -0.1) is 0 Å². The Morgan fingerprint density at radius 2 is 1.94 bits per heavy atom. The summed E-state index contributed by atoms with van der Waals surface area (Å²) in [6.45, 7) is 2.53. The predicted molar refractivity (Wildman–Crippen MR) is 123 cm³/mol. The first-order valence-electron chi connectivity index (χ1n) is 10.2. The molecule has 1 saturated heterocycles. The van der Waals surface area contributed by atoms with Gasteiger partial charge in [0, 0.05) is 44.3 Å². The Kier molecular flexibility index (Phi) is 4.81. The second-order valence-corrected chi connectivity index (χ2v) is 9.65. The van der Waals surface area contributed by atoms with Crippen LogP contribution in [0.5, 0.6) is 0 Å². The number of rotatable bonds is 5. The predicted octanol–water partition coefficient (Wildman–Crippen LogP) is 2.22. The number of carbonyl (C=O) groups excluding carboxylic acids is 1. The Morgan fingerprint density at radius 1 is 1.12 bits per heavy atom. The Bertz CT molecular complexity index is 1480. The van der Waals surface area contributed by atoms with E-state index in [-0.39, 0.29) is 17.0 Å². The second kappa shape index (κ2) is 7.59. The van der Waals surface area contributed by atoms with Crippen LogP contribution < -0.4 is 9.62 Å². The molecule has 3 aromatic heterocycles. The van der Waals surface area contributed by atoms with Crippen molar-refractivity contribution in [1.29, 1.82) is 0 Å². The van der Waals surface area contributed by atoms with E-state index in [1.54, 1.807) is 65.2 Å². The largest absolute Gasteiger partial charge is 0.324 e. The van der Waals surface area contributed by atoms with Gasteiger partial charge in [0.25, 0.3) is 10.0 Å². The number of anilines is 2. The van der Waals surface area contributed by atoms with Gasteiger partial charge in [-0.1, -0.05) is 12.1 Å². The fourth-order valence-electron chi connectivity index (χ4n) is 3.85. The zero-order valence-corrected chi connectivity index (χ0v) is 19.1. The van der Waals surface area contributed by atoms with Crippen molar-refractivity contribution in [3.05, 3.63) is 55.1 Å². The number of pyridine rings is 1. The van der Waals surface area contributed by atoms with Crippen molar-refractivity contribution in [1.82, 2.24) is 29.4 Å². The van der Waals surface area contributed by atoms with Crippen molar-refractivity contribution in [3.63, 3.8) is 0 Å². The van der Waals surface area contributed by atoms with Gasteiger partial charge in [0.15, 0.2) is 5.82 Å². The molecule has 12 heteroatoms. The monoisotopic (exact) mass is 466 g/mol. The number of aryl methyl sites for hydroxylation is 1. The summed E-state index contributed by atoms with van der Waals surface area (Å²) in [5.74, 6) is 0.401. The van der Waals surface area contributed by atoms with Crippen LogP contribution in [0.1, 0.15) is 6.92 Å². The van der Waals surface area contributed by atoms with E-state index in [4.69, 9.17) is 0 Å². The molecule has 1 fully saturated rings. The molecule has 33 heavy (non-hydrogen) atoms. The number of nitrogens with one attached hydrogen (secondary N) is 1. The van der Waals surface area contributed by atoms with Crippen molar-refractivity contribution in [3.8, 4) is 5.82 Å². The lowest BCUT2D eigenvalue weighted by Crippen LogP contribution is -2.30. The maximum atomic E-state index is 13.0. The van der Waals surface area contributed by atoms with Gasteiger partial charge in [-0.3, -0.25) is 14.3 Å². The standard InChI is InChI=1S/C21H22N8O3S/c1-14-12-28(21(30)26(14)2)16-7-8-22-19(9-16)29-13-17(11-24-29)33(31,32)25-18-6-4-5-15-10-23-27(3)20(15)18/h4-11,13-14,25H,12H2,1-3H3. The van der Waals surface area contributed by atoms with Crippen molar-refractivity contribution in [2.45, 2.75) is 17.9 Å². The highest BCUT2D eigenvalue weighted by molar-refractivity contribution is 7.92. The van der Waals surface area contributed by atoms with E-state index in [0.717, 1.165) is 5.39 Å². The summed E-state index contributed by atoms with van der Waals surface area (Å²) in [6.07, 6.45) is 5.89. The number of nitrogens with zero attached hydrogens (tertiary/aromatic N) is 7. The lowest BCUT2D eigenvalue weighted by atomic mass is 10.2. The highest BCUT2D eigenvalue weighted by atomic mass is 32.2. The molecule has 11 nitrogen and oxygen atoms in total. The number of amides is 2. The van der Waals surface area contributed by atoms with Crippen LogP contribution in [0, 0.1) is 0 Å². The van der Waals surface area contributed by atoms with Crippen LogP contribution >= 0.6 is 0 Å². The number of para-hydroxylation sites is 1. The molecule has 170 valence electrons. The molecule has 0 aliphatic carbocycles. The third-order valence-electron chi connectivity index (χ3n) is 5.79. The molecule has 0 radical (unpaired) electrons. The molecule has 1 atom stereocenters. The van der Waals surface area contributed by atoms with Gasteiger partial charge in [0.05, 0.1) is 35.5 Å². The van der Waals surface area contributed by atoms with Crippen LogP contribution in [-0.2, 0) is 17.1 Å².